The lowest BCUT2D eigenvalue weighted by Crippen LogP contribution is -2.41. The molecule has 1 aliphatic rings. The van der Waals surface area contributed by atoms with E-state index in [1.54, 1.807) is 7.11 Å². The quantitative estimate of drug-likeness (QED) is 0.800. The Morgan fingerprint density at radius 2 is 2.12 bits per heavy atom. The highest BCUT2D eigenvalue weighted by Gasteiger charge is 2.22. The summed E-state index contributed by atoms with van der Waals surface area (Å²) in [7, 11) is 1.76. The summed E-state index contributed by atoms with van der Waals surface area (Å²) in [5.41, 5.74) is 1.21. The third-order valence-corrected chi connectivity index (χ3v) is 3.47. The van der Waals surface area contributed by atoms with E-state index in [9.17, 15) is 0 Å². The average molecular weight is 237 g/mol. The summed E-state index contributed by atoms with van der Waals surface area (Å²) in [5.74, 6) is 1.71. The summed E-state index contributed by atoms with van der Waals surface area (Å²) >= 11 is 0. The van der Waals surface area contributed by atoms with Gasteiger partial charge in [0.25, 0.3) is 0 Å². The first-order chi connectivity index (χ1) is 8.11. The van der Waals surface area contributed by atoms with Crippen molar-refractivity contribution in [3.05, 3.63) is 17.7 Å². The molecule has 17 heavy (non-hydrogen) atoms. The maximum absolute atomic E-state index is 5.22. The number of ether oxygens (including phenoxy) is 1. The van der Waals surface area contributed by atoms with Crippen LogP contribution in [0, 0.1) is 0 Å². The van der Waals surface area contributed by atoms with E-state index in [1.807, 2.05) is 0 Å². The van der Waals surface area contributed by atoms with Crippen LogP contribution in [0.2, 0.25) is 0 Å². The van der Waals surface area contributed by atoms with Gasteiger partial charge in [0.1, 0.15) is 5.82 Å². The van der Waals surface area contributed by atoms with Gasteiger partial charge in [-0.1, -0.05) is 13.8 Å². The fourth-order valence-electron chi connectivity index (χ4n) is 2.29. The molecule has 4 nitrogen and oxygen atoms in total. The minimum absolute atomic E-state index is 0.466. The van der Waals surface area contributed by atoms with Gasteiger partial charge in [-0.25, -0.2) is 4.98 Å². The Morgan fingerprint density at radius 1 is 1.35 bits per heavy atom. The summed E-state index contributed by atoms with van der Waals surface area (Å²) in [6.45, 7) is 10.5. The Morgan fingerprint density at radius 3 is 2.76 bits per heavy atom. The maximum Gasteiger partial charge on any atom is 0.123 e. The summed E-state index contributed by atoms with van der Waals surface area (Å²) in [5, 5.41) is 0. The van der Waals surface area contributed by atoms with Crippen LogP contribution in [0.1, 0.15) is 38.2 Å². The zero-order valence-electron chi connectivity index (χ0n) is 11.3. The molecule has 1 aromatic heterocycles. The van der Waals surface area contributed by atoms with Crippen LogP contribution in [0.3, 0.4) is 0 Å². The topological polar surface area (TPSA) is 30.3 Å². The highest BCUT2D eigenvalue weighted by Crippen LogP contribution is 2.19. The van der Waals surface area contributed by atoms with Gasteiger partial charge in [-0.15, -0.1) is 0 Å². The van der Waals surface area contributed by atoms with Crippen molar-refractivity contribution in [2.24, 2.45) is 0 Å². The number of hydrogen-bond acceptors (Lipinski definition) is 3. The molecule has 0 fully saturated rings. The number of fused-ring (bicyclic) bond motifs is 1. The van der Waals surface area contributed by atoms with E-state index in [0.29, 0.717) is 12.0 Å². The normalized spacial score (nSPS) is 18.4. The predicted molar refractivity (Wildman–Crippen MR) is 68.1 cm³/mol. The molecule has 2 rings (SSSR count). The number of aromatic nitrogens is 2. The summed E-state index contributed by atoms with van der Waals surface area (Å²) in [6, 6.07) is 0.466. The summed E-state index contributed by atoms with van der Waals surface area (Å²) in [6.07, 6.45) is 2.21. The third-order valence-electron chi connectivity index (χ3n) is 3.47. The predicted octanol–water partition coefficient (Wildman–Crippen LogP) is 1.86. The van der Waals surface area contributed by atoms with Crippen molar-refractivity contribution < 1.29 is 4.74 Å². The van der Waals surface area contributed by atoms with Gasteiger partial charge < -0.3 is 9.30 Å². The summed E-state index contributed by atoms with van der Waals surface area (Å²) in [4.78, 5) is 7.16. The number of rotatable bonds is 4. The van der Waals surface area contributed by atoms with Crippen LogP contribution >= 0.6 is 0 Å². The molecule has 96 valence electrons. The molecule has 0 aromatic carbocycles. The first-order valence-electron chi connectivity index (χ1n) is 6.40. The molecule has 0 spiro atoms. The SMILES string of the molecule is COCC(C)N1CCn2cc(C(C)C)nc2C1. The molecule has 1 aromatic rings. The fourth-order valence-corrected chi connectivity index (χ4v) is 2.29. The highest BCUT2D eigenvalue weighted by molar-refractivity contribution is 5.09. The zero-order valence-corrected chi connectivity index (χ0v) is 11.3. The van der Waals surface area contributed by atoms with Gasteiger partial charge in [0.2, 0.25) is 0 Å². The molecular formula is C13H23N3O. The molecule has 0 bridgehead atoms. The van der Waals surface area contributed by atoms with Crippen LogP contribution in [-0.2, 0) is 17.8 Å². The van der Waals surface area contributed by atoms with E-state index < -0.39 is 0 Å². The van der Waals surface area contributed by atoms with Crippen LogP contribution in [-0.4, -0.2) is 40.8 Å². The minimum Gasteiger partial charge on any atom is -0.383 e. The Hall–Kier alpha value is -0.870. The van der Waals surface area contributed by atoms with Crippen molar-refractivity contribution in [1.82, 2.24) is 14.5 Å². The van der Waals surface area contributed by atoms with E-state index in [1.165, 1.54) is 11.5 Å². The second-order valence-electron chi connectivity index (χ2n) is 5.20. The van der Waals surface area contributed by atoms with Crippen molar-refractivity contribution in [2.45, 2.75) is 45.8 Å². The Labute approximate surface area is 104 Å². The third kappa shape index (κ3) is 2.69. The van der Waals surface area contributed by atoms with E-state index in [-0.39, 0.29) is 0 Å². The fraction of sp³-hybridized carbons (Fsp3) is 0.769. The van der Waals surface area contributed by atoms with Crippen LogP contribution in [0.4, 0.5) is 0 Å². The Bertz CT molecular complexity index is 373. The van der Waals surface area contributed by atoms with E-state index in [4.69, 9.17) is 9.72 Å². The van der Waals surface area contributed by atoms with Crippen molar-refractivity contribution >= 4 is 0 Å². The second-order valence-corrected chi connectivity index (χ2v) is 5.20. The average Bonchev–Trinajstić information content (AvgIpc) is 2.71. The number of imidazole rings is 1. The lowest BCUT2D eigenvalue weighted by atomic mass is 10.2. The molecule has 2 heterocycles. The molecular weight excluding hydrogens is 214 g/mol. The number of nitrogens with zero attached hydrogens (tertiary/aromatic N) is 3. The zero-order chi connectivity index (χ0) is 12.4. The first kappa shape index (κ1) is 12.6. The largest absolute Gasteiger partial charge is 0.383 e. The summed E-state index contributed by atoms with van der Waals surface area (Å²) < 4.78 is 7.52. The van der Waals surface area contributed by atoms with Gasteiger partial charge in [0, 0.05) is 32.4 Å². The Kier molecular flexibility index (Phi) is 3.84. The Balaban J connectivity index is 2.07. The van der Waals surface area contributed by atoms with Crippen molar-refractivity contribution in [2.75, 3.05) is 20.3 Å². The molecule has 0 amide bonds. The van der Waals surface area contributed by atoms with Crippen molar-refractivity contribution in [3.63, 3.8) is 0 Å². The van der Waals surface area contributed by atoms with Gasteiger partial charge in [-0.3, -0.25) is 4.90 Å². The van der Waals surface area contributed by atoms with Gasteiger partial charge >= 0.3 is 0 Å². The standard InChI is InChI=1S/C13H23N3O/c1-10(2)12-7-16-6-5-15(8-13(16)14-12)11(3)9-17-4/h7,10-11H,5-6,8-9H2,1-4H3. The van der Waals surface area contributed by atoms with Gasteiger partial charge in [-0.05, 0) is 12.8 Å². The van der Waals surface area contributed by atoms with E-state index in [0.717, 1.165) is 26.2 Å². The molecule has 0 radical (unpaired) electrons. The molecule has 1 atom stereocenters. The first-order valence-corrected chi connectivity index (χ1v) is 6.40. The van der Waals surface area contributed by atoms with Crippen molar-refractivity contribution in [1.29, 1.82) is 0 Å². The van der Waals surface area contributed by atoms with Crippen LogP contribution in [0.25, 0.3) is 0 Å². The maximum atomic E-state index is 5.22. The minimum atomic E-state index is 0.466. The highest BCUT2D eigenvalue weighted by atomic mass is 16.5. The molecule has 1 aliphatic heterocycles. The van der Waals surface area contributed by atoms with Crippen LogP contribution < -0.4 is 0 Å². The molecule has 1 unspecified atom stereocenters. The second kappa shape index (κ2) is 5.19. The molecule has 0 saturated carbocycles. The van der Waals surface area contributed by atoms with Crippen LogP contribution in [0.5, 0.6) is 0 Å². The molecule has 4 heteroatoms. The van der Waals surface area contributed by atoms with Crippen molar-refractivity contribution in [3.8, 4) is 0 Å². The number of hydrogen-bond donors (Lipinski definition) is 0. The molecule has 0 saturated heterocycles. The number of methoxy groups -OCH3 is 1. The smallest absolute Gasteiger partial charge is 0.123 e. The van der Waals surface area contributed by atoms with Crippen LogP contribution in [0.15, 0.2) is 6.20 Å². The van der Waals surface area contributed by atoms with Gasteiger partial charge in [-0.2, -0.15) is 0 Å². The van der Waals surface area contributed by atoms with E-state index >= 15 is 0 Å². The lowest BCUT2D eigenvalue weighted by Gasteiger charge is -2.32. The monoisotopic (exact) mass is 237 g/mol. The van der Waals surface area contributed by atoms with E-state index in [2.05, 4.69) is 36.4 Å². The van der Waals surface area contributed by atoms with Gasteiger partial charge in [0.05, 0.1) is 18.8 Å². The van der Waals surface area contributed by atoms with Gasteiger partial charge in [0.15, 0.2) is 0 Å². The molecule has 0 N–H and O–H groups in total. The molecule has 0 aliphatic carbocycles. The lowest BCUT2D eigenvalue weighted by molar-refractivity contribution is 0.0804.